The summed E-state index contributed by atoms with van der Waals surface area (Å²) < 4.78 is 47.2. The van der Waals surface area contributed by atoms with Crippen molar-refractivity contribution >= 4 is 39.1 Å². The van der Waals surface area contributed by atoms with Crippen molar-refractivity contribution in [2.24, 2.45) is 0 Å². The van der Waals surface area contributed by atoms with Crippen LogP contribution in [0.3, 0.4) is 0 Å². The third-order valence-electron chi connectivity index (χ3n) is 5.30. The Hall–Kier alpha value is -3.41. The Morgan fingerprint density at radius 1 is 1.18 bits per heavy atom. The van der Waals surface area contributed by atoms with Crippen molar-refractivity contribution in [3.8, 4) is 5.75 Å². The second-order valence-corrected chi connectivity index (χ2v) is 8.73. The molecule has 3 heterocycles. The third-order valence-corrected chi connectivity index (χ3v) is 6.47. The van der Waals surface area contributed by atoms with E-state index in [2.05, 4.69) is 15.0 Å². The van der Waals surface area contributed by atoms with Gasteiger partial charge in [-0.25, -0.2) is 9.78 Å². The first-order chi connectivity index (χ1) is 16.1. The number of nitrogens with zero attached hydrogens (tertiary/aromatic N) is 2. The molecule has 4 rings (SSSR count). The number of fused-ring (bicyclic) bond motifs is 2. The monoisotopic (exact) mass is 495 g/mol. The maximum Gasteiger partial charge on any atom is 0.573 e. The zero-order valence-corrected chi connectivity index (χ0v) is 18.8. The minimum absolute atomic E-state index is 0.176. The number of hydrogen-bond donors (Lipinski definition) is 1. The minimum atomic E-state index is -4.82. The van der Waals surface area contributed by atoms with Crippen LogP contribution in [0.15, 0.2) is 29.1 Å². The summed E-state index contributed by atoms with van der Waals surface area (Å²) in [5, 5.41) is 2.80. The van der Waals surface area contributed by atoms with Crippen LogP contribution in [0.1, 0.15) is 40.3 Å². The molecule has 0 saturated carbocycles. The summed E-state index contributed by atoms with van der Waals surface area (Å²) in [6.45, 7) is 1.62. The van der Waals surface area contributed by atoms with Gasteiger partial charge in [0.05, 0.1) is 5.39 Å². The Morgan fingerprint density at radius 3 is 2.62 bits per heavy atom. The predicted molar refractivity (Wildman–Crippen MR) is 118 cm³/mol. The fourth-order valence-corrected chi connectivity index (χ4v) is 4.82. The van der Waals surface area contributed by atoms with Gasteiger partial charge >= 0.3 is 12.3 Å². The van der Waals surface area contributed by atoms with E-state index in [0.717, 1.165) is 42.7 Å². The smallest absolute Gasteiger partial charge is 0.451 e. The minimum Gasteiger partial charge on any atom is -0.451 e. The SMILES string of the molecule is Cc1c(C(=O)OCC(=O)Nc2ccc(OC(F)(F)F)cc2)sc2nc3n(c(=O)c12)CCCCC3. The number of thiophene rings is 1. The highest BCUT2D eigenvalue weighted by atomic mass is 32.1. The molecule has 0 atom stereocenters. The number of carbonyl (C=O) groups is 2. The van der Waals surface area contributed by atoms with Gasteiger partial charge in [-0.15, -0.1) is 24.5 Å². The molecule has 1 aliphatic rings. The normalized spacial score (nSPS) is 13.8. The molecular formula is C22H20F3N3O5S. The quantitative estimate of drug-likeness (QED) is 0.533. The first-order valence-electron chi connectivity index (χ1n) is 10.5. The number of esters is 1. The van der Waals surface area contributed by atoms with Crippen LogP contribution >= 0.6 is 11.3 Å². The molecule has 0 unspecified atom stereocenters. The summed E-state index contributed by atoms with van der Waals surface area (Å²) in [7, 11) is 0. The second kappa shape index (κ2) is 9.45. The fourth-order valence-electron chi connectivity index (χ4n) is 3.74. The lowest BCUT2D eigenvalue weighted by atomic mass is 10.2. The topological polar surface area (TPSA) is 99.5 Å². The van der Waals surface area contributed by atoms with Crippen molar-refractivity contribution in [3.63, 3.8) is 0 Å². The van der Waals surface area contributed by atoms with Crippen LogP contribution in [-0.2, 0) is 22.5 Å². The van der Waals surface area contributed by atoms with E-state index in [1.807, 2.05) is 0 Å². The molecule has 0 bridgehead atoms. The fraction of sp³-hybridized carbons (Fsp3) is 0.364. The number of benzene rings is 1. The van der Waals surface area contributed by atoms with Gasteiger partial charge in [-0.1, -0.05) is 6.42 Å². The summed E-state index contributed by atoms with van der Waals surface area (Å²) in [5.74, 6) is -1.16. The van der Waals surface area contributed by atoms with Crippen molar-refractivity contribution < 1.29 is 32.2 Å². The van der Waals surface area contributed by atoms with Crippen molar-refractivity contribution in [1.82, 2.24) is 9.55 Å². The molecule has 1 aromatic carbocycles. The zero-order chi connectivity index (χ0) is 24.5. The molecule has 0 radical (unpaired) electrons. The van der Waals surface area contributed by atoms with Gasteiger partial charge in [0, 0.05) is 18.7 Å². The largest absolute Gasteiger partial charge is 0.573 e. The summed E-state index contributed by atoms with van der Waals surface area (Å²) in [4.78, 5) is 43.0. The highest BCUT2D eigenvalue weighted by Crippen LogP contribution is 2.29. The standard InChI is InChI=1S/C22H20F3N3O5S/c1-12-17-19(27-15-5-3-2-4-10-28(15)20(17)30)34-18(12)21(31)32-11-16(29)26-13-6-8-14(9-7-13)33-22(23,24)25/h6-9H,2-5,10-11H2,1H3,(H,26,29). The highest BCUT2D eigenvalue weighted by molar-refractivity contribution is 7.20. The van der Waals surface area contributed by atoms with Crippen LogP contribution in [0, 0.1) is 6.92 Å². The number of hydrogen-bond acceptors (Lipinski definition) is 7. The number of anilines is 1. The van der Waals surface area contributed by atoms with Crippen LogP contribution in [-0.4, -0.2) is 34.4 Å². The zero-order valence-electron chi connectivity index (χ0n) is 18.0. The molecule has 0 saturated heterocycles. The van der Waals surface area contributed by atoms with Crippen LogP contribution in [0.2, 0.25) is 0 Å². The Balaban J connectivity index is 1.42. The number of aryl methyl sites for hydroxylation is 2. The number of amides is 1. The summed E-state index contributed by atoms with van der Waals surface area (Å²) in [5.41, 5.74) is 0.487. The van der Waals surface area contributed by atoms with Crippen molar-refractivity contribution in [2.75, 3.05) is 11.9 Å². The molecule has 0 fully saturated rings. The highest BCUT2D eigenvalue weighted by Gasteiger charge is 2.31. The molecule has 180 valence electrons. The number of aromatic nitrogens is 2. The van der Waals surface area contributed by atoms with Gasteiger partial charge in [0.1, 0.15) is 21.3 Å². The molecule has 0 aliphatic carbocycles. The molecule has 1 amide bonds. The first kappa shape index (κ1) is 23.7. The number of rotatable bonds is 5. The lowest BCUT2D eigenvalue weighted by molar-refractivity contribution is -0.274. The van der Waals surface area contributed by atoms with E-state index in [9.17, 15) is 27.6 Å². The first-order valence-corrected chi connectivity index (χ1v) is 11.3. The van der Waals surface area contributed by atoms with Crippen LogP contribution in [0.4, 0.5) is 18.9 Å². The molecule has 34 heavy (non-hydrogen) atoms. The number of ether oxygens (including phenoxy) is 2. The third kappa shape index (κ3) is 5.22. The number of carbonyl (C=O) groups excluding carboxylic acids is 2. The van der Waals surface area contributed by atoms with E-state index in [4.69, 9.17) is 4.74 Å². The molecule has 12 heteroatoms. The Bertz CT molecular complexity index is 1300. The van der Waals surface area contributed by atoms with Crippen LogP contribution in [0.5, 0.6) is 5.75 Å². The second-order valence-electron chi connectivity index (χ2n) is 7.73. The predicted octanol–water partition coefficient (Wildman–Crippen LogP) is 4.19. The summed E-state index contributed by atoms with van der Waals surface area (Å²) in [6, 6.07) is 4.53. The molecule has 2 aromatic heterocycles. The average Bonchev–Trinajstić information content (AvgIpc) is 2.93. The molecular weight excluding hydrogens is 475 g/mol. The van der Waals surface area contributed by atoms with Crippen LogP contribution in [0.25, 0.3) is 10.2 Å². The van der Waals surface area contributed by atoms with Crippen molar-refractivity contribution in [2.45, 2.75) is 45.5 Å². The average molecular weight is 495 g/mol. The lowest BCUT2D eigenvalue weighted by Gasteiger charge is -2.10. The van der Waals surface area contributed by atoms with Gasteiger partial charge in [0.25, 0.3) is 11.5 Å². The van der Waals surface area contributed by atoms with Gasteiger partial charge in [-0.3, -0.25) is 14.2 Å². The number of halogens is 3. The molecule has 3 aromatic rings. The lowest BCUT2D eigenvalue weighted by Crippen LogP contribution is -2.24. The van der Waals surface area contributed by atoms with E-state index >= 15 is 0 Å². The molecule has 1 aliphatic heterocycles. The van der Waals surface area contributed by atoms with E-state index in [-0.39, 0.29) is 16.1 Å². The Labute approximate surface area is 195 Å². The molecule has 0 spiro atoms. The number of nitrogens with one attached hydrogen (secondary N) is 1. The Morgan fingerprint density at radius 2 is 1.91 bits per heavy atom. The van der Waals surface area contributed by atoms with Crippen molar-refractivity contribution in [1.29, 1.82) is 0 Å². The summed E-state index contributed by atoms with van der Waals surface area (Å²) in [6.07, 6.45) is -1.24. The van der Waals surface area contributed by atoms with Gasteiger partial charge in [0.15, 0.2) is 6.61 Å². The van der Waals surface area contributed by atoms with E-state index in [0.29, 0.717) is 34.6 Å². The van der Waals surface area contributed by atoms with Crippen molar-refractivity contribution in [3.05, 3.63) is 50.9 Å². The van der Waals surface area contributed by atoms with Crippen LogP contribution < -0.4 is 15.6 Å². The van der Waals surface area contributed by atoms with Gasteiger partial charge in [0.2, 0.25) is 0 Å². The number of alkyl halides is 3. The Kier molecular flexibility index (Phi) is 6.60. The maximum atomic E-state index is 13.0. The van der Waals surface area contributed by atoms with E-state index in [1.165, 1.54) is 12.1 Å². The summed E-state index contributed by atoms with van der Waals surface area (Å²) >= 11 is 1.05. The van der Waals surface area contributed by atoms with Gasteiger partial charge in [-0.2, -0.15) is 0 Å². The van der Waals surface area contributed by atoms with E-state index in [1.54, 1.807) is 11.5 Å². The van der Waals surface area contributed by atoms with Gasteiger partial charge in [-0.05, 0) is 49.6 Å². The molecule has 1 N–H and O–H groups in total. The van der Waals surface area contributed by atoms with E-state index < -0.39 is 30.6 Å². The van der Waals surface area contributed by atoms with Gasteiger partial charge < -0.3 is 14.8 Å². The molecule has 8 nitrogen and oxygen atoms in total. The maximum absolute atomic E-state index is 13.0.